The number of hydrogen-bond acceptors (Lipinski definition) is 2. The highest BCUT2D eigenvalue weighted by Crippen LogP contribution is 2.01. The van der Waals surface area contributed by atoms with Crippen LogP contribution < -0.4 is 0 Å². The Morgan fingerprint density at radius 2 is 1.48 bits per heavy atom. The monoisotopic (exact) mass is 320 g/mol. The third-order valence-corrected chi connectivity index (χ3v) is 3.14. The number of rotatable bonds is 8. The van der Waals surface area contributed by atoms with Crippen LogP contribution in [0, 0.1) is 11.8 Å². The van der Waals surface area contributed by atoms with Crippen LogP contribution in [0.2, 0.25) is 0 Å². The molecule has 21 heavy (non-hydrogen) atoms. The molecule has 3 heteroatoms. The molecule has 0 aliphatic heterocycles. The van der Waals surface area contributed by atoms with Crippen molar-refractivity contribution in [2.75, 3.05) is 25.7 Å². The van der Waals surface area contributed by atoms with Crippen LogP contribution in [0.15, 0.2) is 24.3 Å². The Kier molecular flexibility index (Phi) is 24.0. The Morgan fingerprint density at radius 1 is 1.05 bits per heavy atom. The van der Waals surface area contributed by atoms with Crippen LogP contribution in [0.4, 0.5) is 0 Å². The van der Waals surface area contributed by atoms with Gasteiger partial charge in [-0.1, -0.05) is 64.8 Å². The summed E-state index contributed by atoms with van der Waals surface area (Å²) in [5.74, 6) is 1.75. The van der Waals surface area contributed by atoms with Crippen molar-refractivity contribution in [3.05, 3.63) is 24.3 Å². The van der Waals surface area contributed by atoms with Gasteiger partial charge in [0.2, 0.25) is 0 Å². The molecule has 0 spiro atoms. The van der Waals surface area contributed by atoms with E-state index in [0.29, 0.717) is 30.9 Å². The quantitative estimate of drug-likeness (QED) is 0.476. The zero-order valence-corrected chi connectivity index (χ0v) is 15.8. The van der Waals surface area contributed by atoms with Gasteiger partial charge < -0.3 is 9.84 Å². The van der Waals surface area contributed by atoms with Crippen LogP contribution in [0.1, 0.15) is 54.4 Å². The number of ether oxygens (including phenoxy) is 1. The molecule has 0 radical (unpaired) electrons. The average molecular weight is 321 g/mol. The minimum Gasteiger partial charge on any atom is -0.396 e. The lowest BCUT2D eigenvalue weighted by atomic mass is 10.1. The fourth-order valence-electron chi connectivity index (χ4n) is 0.681. The number of aliphatic hydroxyl groups is 1. The van der Waals surface area contributed by atoms with E-state index in [-0.39, 0.29) is 0 Å². The number of hydrogen-bond donors (Lipinski definition) is 1. The van der Waals surface area contributed by atoms with Crippen LogP contribution >= 0.6 is 11.6 Å². The molecule has 128 valence electrons. The van der Waals surface area contributed by atoms with Crippen LogP contribution in [0.5, 0.6) is 0 Å². The molecule has 0 aliphatic rings. The summed E-state index contributed by atoms with van der Waals surface area (Å²) in [4.78, 5) is 0. The fraction of sp³-hybridized carbons (Fsp3) is 0.778. The summed E-state index contributed by atoms with van der Waals surface area (Å²) in [5.41, 5.74) is 2.12. The van der Waals surface area contributed by atoms with Crippen LogP contribution in [-0.4, -0.2) is 30.8 Å². The highest BCUT2D eigenvalue weighted by atomic mass is 35.5. The summed E-state index contributed by atoms with van der Waals surface area (Å²) in [6.45, 7) is 21.5. The van der Waals surface area contributed by atoms with E-state index < -0.39 is 0 Å². The highest BCUT2D eigenvalue weighted by molar-refractivity contribution is 6.19. The Labute approximate surface area is 138 Å². The lowest BCUT2D eigenvalue weighted by Gasteiger charge is -2.08. The molecular weight excluding hydrogens is 284 g/mol. The molecule has 2 unspecified atom stereocenters. The van der Waals surface area contributed by atoms with Gasteiger partial charge in [0.15, 0.2) is 0 Å². The van der Waals surface area contributed by atoms with E-state index in [1.807, 2.05) is 20.8 Å². The SMILES string of the molecule is C=C(C)CCl.C=C(C)COCC(C)CC.CCC(C)CO. The number of allylic oxidation sites excluding steroid dienone is 1. The van der Waals surface area contributed by atoms with Crippen molar-refractivity contribution < 1.29 is 9.84 Å². The minimum atomic E-state index is 0.330. The molecule has 0 aliphatic carbocycles. The summed E-state index contributed by atoms with van der Waals surface area (Å²) in [6, 6.07) is 0. The van der Waals surface area contributed by atoms with Crippen molar-refractivity contribution in [1.82, 2.24) is 0 Å². The van der Waals surface area contributed by atoms with Crippen molar-refractivity contribution in [3.63, 3.8) is 0 Å². The van der Waals surface area contributed by atoms with Crippen LogP contribution in [0.3, 0.4) is 0 Å². The van der Waals surface area contributed by atoms with E-state index >= 15 is 0 Å². The molecule has 0 fully saturated rings. The molecular formula is C18H37ClO2. The van der Waals surface area contributed by atoms with Crippen molar-refractivity contribution in [3.8, 4) is 0 Å². The summed E-state index contributed by atoms with van der Waals surface area (Å²) >= 11 is 5.24. The summed E-state index contributed by atoms with van der Waals surface area (Å²) in [5, 5.41) is 8.33. The van der Waals surface area contributed by atoms with E-state index in [1.54, 1.807) is 0 Å². The second-order valence-electron chi connectivity index (χ2n) is 5.77. The molecule has 1 N–H and O–H groups in total. The number of aliphatic hydroxyl groups excluding tert-OH is 1. The molecule has 0 aromatic carbocycles. The Bertz CT molecular complexity index is 235. The zero-order valence-electron chi connectivity index (χ0n) is 15.0. The maximum absolute atomic E-state index is 8.33. The first-order valence-electron chi connectivity index (χ1n) is 7.78. The standard InChI is InChI=1S/C9H18O.C5H12O.C4H7Cl/c1-5-9(4)7-10-6-8(2)3;1-3-5(2)4-6;1-4(2)3-5/h9H,2,5-7H2,1,3-4H3;5-6H,3-4H2,1-2H3;1,3H2,2H3. The summed E-state index contributed by atoms with van der Waals surface area (Å²) in [7, 11) is 0. The average Bonchev–Trinajstić information content (AvgIpc) is 2.46. The van der Waals surface area contributed by atoms with Gasteiger partial charge in [-0.3, -0.25) is 0 Å². The Morgan fingerprint density at radius 3 is 1.67 bits per heavy atom. The topological polar surface area (TPSA) is 29.5 Å². The Balaban J connectivity index is -0.000000252. The van der Waals surface area contributed by atoms with Gasteiger partial charge in [-0.05, 0) is 25.7 Å². The van der Waals surface area contributed by atoms with E-state index in [1.165, 1.54) is 6.42 Å². The van der Waals surface area contributed by atoms with E-state index in [4.69, 9.17) is 21.4 Å². The van der Waals surface area contributed by atoms with Gasteiger partial charge in [0.25, 0.3) is 0 Å². The molecule has 0 saturated heterocycles. The number of halogens is 1. The highest BCUT2D eigenvalue weighted by Gasteiger charge is 1.97. The van der Waals surface area contributed by atoms with Gasteiger partial charge in [-0.25, -0.2) is 0 Å². The van der Waals surface area contributed by atoms with Gasteiger partial charge in [0.1, 0.15) is 0 Å². The van der Waals surface area contributed by atoms with Crippen molar-refractivity contribution in [1.29, 1.82) is 0 Å². The summed E-state index contributed by atoms with van der Waals surface area (Å²) in [6.07, 6.45) is 2.27. The predicted molar refractivity (Wildman–Crippen MR) is 97.2 cm³/mol. The molecule has 0 bridgehead atoms. The van der Waals surface area contributed by atoms with Gasteiger partial charge in [0.05, 0.1) is 6.61 Å². The third-order valence-electron chi connectivity index (χ3n) is 2.68. The largest absolute Gasteiger partial charge is 0.396 e. The molecule has 0 aromatic rings. The molecule has 2 atom stereocenters. The predicted octanol–water partition coefficient (Wildman–Crippen LogP) is 5.45. The van der Waals surface area contributed by atoms with Crippen molar-refractivity contribution >= 4 is 11.6 Å². The van der Waals surface area contributed by atoms with Crippen molar-refractivity contribution in [2.45, 2.75) is 54.4 Å². The first-order valence-corrected chi connectivity index (χ1v) is 8.31. The van der Waals surface area contributed by atoms with Crippen LogP contribution in [0.25, 0.3) is 0 Å². The smallest absolute Gasteiger partial charge is 0.0671 e. The lowest BCUT2D eigenvalue weighted by Crippen LogP contribution is -2.05. The first-order chi connectivity index (χ1) is 9.74. The fourth-order valence-corrected chi connectivity index (χ4v) is 0.681. The zero-order chi connectivity index (χ0) is 17.3. The van der Waals surface area contributed by atoms with Gasteiger partial charge in [-0.2, -0.15) is 0 Å². The van der Waals surface area contributed by atoms with Gasteiger partial charge >= 0.3 is 0 Å². The Hall–Kier alpha value is -0.310. The summed E-state index contributed by atoms with van der Waals surface area (Å²) < 4.78 is 5.35. The van der Waals surface area contributed by atoms with Gasteiger partial charge in [0, 0.05) is 19.1 Å². The van der Waals surface area contributed by atoms with E-state index in [0.717, 1.165) is 24.2 Å². The maximum Gasteiger partial charge on any atom is 0.0671 e. The van der Waals surface area contributed by atoms with Crippen LogP contribution in [-0.2, 0) is 4.74 Å². The molecule has 0 aromatic heterocycles. The molecule has 0 amide bonds. The third kappa shape index (κ3) is 32.9. The lowest BCUT2D eigenvalue weighted by molar-refractivity contribution is 0.122. The molecule has 0 heterocycles. The van der Waals surface area contributed by atoms with Crippen molar-refractivity contribution in [2.24, 2.45) is 11.8 Å². The van der Waals surface area contributed by atoms with E-state index in [9.17, 15) is 0 Å². The van der Waals surface area contributed by atoms with E-state index in [2.05, 4.69) is 33.9 Å². The second kappa shape index (κ2) is 19.7. The normalized spacial score (nSPS) is 12.2. The second-order valence-corrected chi connectivity index (χ2v) is 6.04. The minimum absolute atomic E-state index is 0.330. The maximum atomic E-state index is 8.33. The molecule has 0 rings (SSSR count). The molecule has 2 nitrogen and oxygen atoms in total. The number of alkyl halides is 1. The molecule has 0 saturated carbocycles. The van der Waals surface area contributed by atoms with Gasteiger partial charge in [-0.15, -0.1) is 11.6 Å². The first kappa shape index (κ1) is 25.6.